The van der Waals surface area contributed by atoms with E-state index < -0.39 is 11.6 Å². The van der Waals surface area contributed by atoms with Crippen LogP contribution in [-0.2, 0) is 11.2 Å². The lowest BCUT2D eigenvalue weighted by Gasteiger charge is -2.18. The molecular weight excluding hydrogens is 296 g/mol. The number of Topliss-reactive ketones (excluding diaryl/α,β-unsaturated/α-hetero) is 1. The number of phenols is 1. The number of carbonyl (C=O) groups is 2. The molecule has 0 fully saturated rings. The highest BCUT2D eigenvalue weighted by Gasteiger charge is 2.31. The van der Waals surface area contributed by atoms with Crippen molar-refractivity contribution in [1.82, 2.24) is 0 Å². The second-order valence-corrected chi connectivity index (χ2v) is 5.14. The van der Waals surface area contributed by atoms with Crippen molar-refractivity contribution in [3.8, 4) is 17.6 Å². The summed E-state index contributed by atoms with van der Waals surface area (Å²) >= 11 is 0. The maximum Gasteiger partial charge on any atom is 0.228 e. The Balaban J connectivity index is 2.61. The minimum atomic E-state index is -0.464. The number of aliphatic hydroxyl groups is 1. The smallest absolute Gasteiger partial charge is 0.228 e. The van der Waals surface area contributed by atoms with Gasteiger partial charge in [0, 0.05) is 29.4 Å². The molecule has 0 saturated heterocycles. The van der Waals surface area contributed by atoms with Gasteiger partial charge in [0.15, 0.2) is 11.5 Å². The zero-order valence-corrected chi connectivity index (χ0v) is 13.1. The van der Waals surface area contributed by atoms with E-state index in [-0.39, 0.29) is 29.2 Å². The van der Waals surface area contributed by atoms with E-state index in [0.29, 0.717) is 30.4 Å². The summed E-state index contributed by atoms with van der Waals surface area (Å²) in [5.74, 6) is 4.45. The number of phenolic OH excluding ortho intramolecular Hbond substituents is 1. The van der Waals surface area contributed by atoms with Crippen molar-refractivity contribution in [2.45, 2.75) is 26.2 Å². The Bertz CT molecular complexity index is 747. The van der Waals surface area contributed by atoms with Crippen molar-refractivity contribution in [3.63, 3.8) is 0 Å². The zero-order chi connectivity index (χ0) is 17.0. The lowest BCUT2D eigenvalue weighted by atomic mass is 9.86. The van der Waals surface area contributed by atoms with Crippen molar-refractivity contribution in [3.05, 3.63) is 40.2 Å². The van der Waals surface area contributed by atoms with Crippen LogP contribution in [0.2, 0.25) is 0 Å². The van der Waals surface area contributed by atoms with Gasteiger partial charge in [-0.1, -0.05) is 5.92 Å². The molecule has 5 heteroatoms. The maximum absolute atomic E-state index is 12.3. The van der Waals surface area contributed by atoms with E-state index in [1.165, 1.54) is 13.2 Å². The molecule has 120 valence electrons. The first kappa shape index (κ1) is 16.8. The molecule has 23 heavy (non-hydrogen) atoms. The predicted octanol–water partition coefficient (Wildman–Crippen LogP) is 1.99. The molecule has 1 aromatic carbocycles. The fourth-order valence-corrected chi connectivity index (χ4v) is 2.59. The molecule has 0 saturated carbocycles. The molecule has 0 spiro atoms. The number of rotatable bonds is 5. The molecular formula is C18H18O5. The van der Waals surface area contributed by atoms with Gasteiger partial charge in [-0.25, -0.2) is 0 Å². The summed E-state index contributed by atoms with van der Waals surface area (Å²) in [5.41, 5.74) is 1.15. The lowest BCUT2D eigenvalue weighted by Crippen LogP contribution is -2.19. The first-order valence-electron chi connectivity index (χ1n) is 7.32. The van der Waals surface area contributed by atoms with E-state index in [4.69, 9.17) is 9.84 Å². The number of allylic oxidation sites excluding steroid dienone is 2. The van der Waals surface area contributed by atoms with Crippen molar-refractivity contribution >= 4 is 11.6 Å². The summed E-state index contributed by atoms with van der Waals surface area (Å²) < 4.78 is 4.93. The maximum atomic E-state index is 12.3. The Morgan fingerprint density at radius 3 is 2.61 bits per heavy atom. The van der Waals surface area contributed by atoms with Gasteiger partial charge < -0.3 is 14.9 Å². The van der Waals surface area contributed by atoms with E-state index in [0.717, 1.165) is 6.08 Å². The Morgan fingerprint density at radius 1 is 1.26 bits per heavy atom. The van der Waals surface area contributed by atoms with Crippen LogP contribution in [0.3, 0.4) is 0 Å². The third-order valence-electron chi connectivity index (χ3n) is 3.70. The Kier molecular flexibility index (Phi) is 5.20. The van der Waals surface area contributed by atoms with Gasteiger partial charge in [0.05, 0.1) is 12.7 Å². The van der Waals surface area contributed by atoms with Gasteiger partial charge in [0.1, 0.15) is 5.75 Å². The van der Waals surface area contributed by atoms with Gasteiger partial charge in [0.25, 0.3) is 0 Å². The third-order valence-corrected chi connectivity index (χ3v) is 3.70. The fraction of sp³-hybridized carbons (Fsp3) is 0.333. The molecule has 0 bridgehead atoms. The summed E-state index contributed by atoms with van der Waals surface area (Å²) in [6, 6.07) is 1.53. The topological polar surface area (TPSA) is 83.8 Å². The number of aliphatic hydroxyl groups excluding tert-OH is 1. The summed E-state index contributed by atoms with van der Waals surface area (Å²) in [7, 11) is 1.32. The van der Waals surface area contributed by atoms with Crippen molar-refractivity contribution < 1.29 is 24.5 Å². The van der Waals surface area contributed by atoms with E-state index in [1.807, 2.05) is 0 Å². The van der Waals surface area contributed by atoms with Crippen LogP contribution in [0.15, 0.2) is 17.9 Å². The second-order valence-electron chi connectivity index (χ2n) is 5.14. The Morgan fingerprint density at radius 2 is 2.00 bits per heavy atom. The van der Waals surface area contributed by atoms with Crippen LogP contribution in [-0.4, -0.2) is 35.5 Å². The third kappa shape index (κ3) is 3.13. The molecule has 0 amide bonds. The van der Waals surface area contributed by atoms with E-state index in [2.05, 4.69) is 11.8 Å². The van der Waals surface area contributed by atoms with Gasteiger partial charge in [0.2, 0.25) is 5.78 Å². The quantitative estimate of drug-likeness (QED) is 0.641. The number of benzene rings is 1. The van der Waals surface area contributed by atoms with E-state index in [1.54, 1.807) is 6.92 Å². The molecule has 0 unspecified atom stereocenters. The minimum Gasteiger partial charge on any atom is -0.507 e. The molecule has 2 N–H and O–H groups in total. The number of hydrogen-bond donors (Lipinski definition) is 2. The number of ether oxygens (including phenoxy) is 1. The molecule has 1 aromatic rings. The van der Waals surface area contributed by atoms with Gasteiger partial charge in [-0.05, 0) is 32.3 Å². The number of hydrogen-bond acceptors (Lipinski definition) is 5. The highest BCUT2D eigenvalue weighted by atomic mass is 16.5. The summed E-state index contributed by atoms with van der Waals surface area (Å²) in [6.07, 6.45) is 2.78. The van der Waals surface area contributed by atoms with Gasteiger partial charge in [-0.15, -0.1) is 5.92 Å². The Hall–Kier alpha value is -2.58. The normalized spacial score (nSPS) is 13.1. The molecule has 2 rings (SSSR count). The second kappa shape index (κ2) is 7.12. The monoisotopic (exact) mass is 314 g/mol. The summed E-state index contributed by atoms with van der Waals surface area (Å²) in [6.45, 7) is 1.71. The van der Waals surface area contributed by atoms with E-state index >= 15 is 0 Å². The average molecular weight is 314 g/mol. The first-order chi connectivity index (χ1) is 11.0. The molecule has 5 nitrogen and oxygen atoms in total. The number of carbonyl (C=O) groups excluding carboxylic acids is 2. The van der Waals surface area contributed by atoms with Crippen LogP contribution < -0.4 is 0 Å². The standard InChI is InChI=1S/C18H18O5/c1-3-6-11-9-13-16(14(20)10-15(23-2)17(13)21)18(22)12(11)7-4-5-8-19/h9-10,19,22H,4-5,7-8H2,1-2H3. The number of aromatic hydroxyl groups is 1. The largest absolute Gasteiger partial charge is 0.507 e. The molecule has 0 atom stereocenters. The van der Waals surface area contributed by atoms with Crippen molar-refractivity contribution in [2.75, 3.05) is 13.7 Å². The highest BCUT2D eigenvalue weighted by Crippen LogP contribution is 2.35. The SMILES string of the molecule is CC#Cc1cc2c(c(O)c1CCCCO)C(=O)C=C(OC)C2=O. The van der Waals surface area contributed by atoms with Crippen LogP contribution in [0.25, 0.3) is 0 Å². The van der Waals surface area contributed by atoms with Crippen molar-refractivity contribution in [2.24, 2.45) is 0 Å². The van der Waals surface area contributed by atoms with Gasteiger partial charge in [-0.2, -0.15) is 0 Å². The number of unbranched alkanes of at least 4 members (excludes halogenated alkanes) is 1. The molecule has 1 aliphatic rings. The number of ketones is 2. The molecule has 0 aromatic heterocycles. The van der Waals surface area contributed by atoms with Crippen molar-refractivity contribution in [1.29, 1.82) is 0 Å². The van der Waals surface area contributed by atoms with Gasteiger partial charge >= 0.3 is 0 Å². The Labute approximate surface area is 134 Å². The summed E-state index contributed by atoms with van der Waals surface area (Å²) in [5, 5.41) is 19.4. The van der Waals surface area contributed by atoms with Gasteiger partial charge in [-0.3, -0.25) is 9.59 Å². The predicted molar refractivity (Wildman–Crippen MR) is 84.4 cm³/mol. The summed E-state index contributed by atoms with van der Waals surface area (Å²) in [4.78, 5) is 24.6. The number of methoxy groups -OCH3 is 1. The zero-order valence-electron chi connectivity index (χ0n) is 13.1. The molecule has 0 radical (unpaired) electrons. The first-order valence-corrected chi connectivity index (χ1v) is 7.32. The van der Waals surface area contributed by atoms with Crippen LogP contribution >= 0.6 is 0 Å². The van der Waals surface area contributed by atoms with Crippen LogP contribution in [0.1, 0.15) is 51.6 Å². The number of fused-ring (bicyclic) bond motifs is 1. The van der Waals surface area contributed by atoms with Crippen LogP contribution in [0.5, 0.6) is 5.75 Å². The van der Waals surface area contributed by atoms with Crippen LogP contribution in [0, 0.1) is 11.8 Å². The van der Waals surface area contributed by atoms with E-state index in [9.17, 15) is 14.7 Å². The molecule has 0 heterocycles. The molecule has 1 aliphatic carbocycles. The van der Waals surface area contributed by atoms with Crippen LogP contribution in [0.4, 0.5) is 0 Å². The lowest BCUT2D eigenvalue weighted by molar-refractivity contribution is 0.0915. The highest BCUT2D eigenvalue weighted by molar-refractivity contribution is 6.25. The fourth-order valence-electron chi connectivity index (χ4n) is 2.59. The minimum absolute atomic E-state index is 0.00329. The molecule has 0 aliphatic heterocycles. The average Bonchev–Trinajstić information content (AvgIpc) is 2.53.